The lowest BCUT2D eigenvalue weighted by Gasteiger charge is -2.39. The molecule has 0 saturated carbocycles. The monoisotopic (exact) mass is 894 g/mol. The van der Waals surface area contributed by atoms with E-state index in [0.29, 0.717) is 61.8 Å². The number of rotatable bonds is 5. The zero-order valence-electron chi connectivity index (χ0n) is 39.7. The van der Waals surface area contributed by atoms with Crippen LogP contribution in [0.15, 0.2) is 33.5 Å². The first-order chi connectivity index (χ1) is 30.1. The fourth-order valence-corrected chi connectivity index (χ4v) is 9.40. The van der Waals surface area contributed by atoms with Crippen LogP contribution in [0.2, 0.25) is 0 Å². The van der Waals surface area contributed by atoms with Crippen LogP contribution in [-0.2, 0) is 39.9 Å². The van der Waals surface area contributed by atoms with E-state index in [4.69, 9.17) is 13.9 Å². The molecule has 0 unspecified atom stereocenters. The molecule has 0 aliphatic carbocycles. The van der Waals surface area contributed by atoms with Gasteiger partial charge >= 0.3 is 11.6 Å². The second kappa shape index (κ2) is 20.9. The molecule has 1 aromatic heterocycles. The van der Waals surface area contributed by atoms with Gasteiger partial charge in [-0.2, -0.15) is 0 Å². The molecule has 16 heteroatoms. The van der Waals surface area contributed by atoms with Crippen molar-refractivity contribution in [2.24, 2.45) is 29.1 Å². The molecule has 5 heterocycles. The Labute approximate surface area is 377 Å². The van der Waals surface area contributed by atoms with E-state index < -0.39 is 82.9 Å². The van der Waals surface area contributed by atoms with Gasteiger partial charge in [-0.25, -0.2) is 9.59 Å². The molecular formula is C48H71N5O11. The van der Waals surface area contributed by atoms with Crippen molar-refractivity contribution in [1.82, 2.24) is 24.9 Å². The van der Waals surface area contributed by atoms with Crippen LogP contribution in [-0.4, -0.2) is 137 Å². The van der Waals surface area contributed by atoms with Gasteiger partial charge in [-0.3, -0.25) is 24.0 Å². The van der Waals surface area contributed by atoms with Crippen molar-refractivity contribution in [2.75, 3.05) is 40.8 Å². The van der Waals surface area contributed by atoms with E-state index in [1.54, 1.807) is 36.9 Å². The molecule has 5 amide bonds. The van der Waals surface area contributed by atoms with Crippen molar-refractivity contribution in [3.8, 4) is 5.75 Å². The Balaban J connectivity index is 1.52. The minimum atomic E-state index is -1.24. The maximum atomic E-state index is 14.7. The molecule has 4 saturated heterocycles. The fourth-order valence-electron chi connectivity index (χ4n) is 9.40. The molecule has 9 atom stereocenters. The number of hydrogen-bond donors (Lipinski definition) is 2. The molecule has 2 N–H and O–H groups in total. The van der Waals surface area contributed by atoms with Gasteiger partial charge in [0.15, 0.2) is 0 Å². The predicted molar refractivity (Wildman–Crippen MR) is 240 cm³/mol. The molecular weight excluding hydrogens is 823 g/mol. The van der Waals surface area contributed by atoms with Crippen molar-refractivity contribution < 1.29 is 47.8 Å². The maximum Gasteiger partial charge on any atom is 0.336 e. The number of esters is 1. The molecule has 1 aromatic carbocycles. The molecule has 2 aromatic rings. The summed E-state index contributed by atoms with van der Waals surface area (Å²) in [5.74, 6) is -3.96. The number of carbonyl (C=O) groups excluding carboxylic acids is 6. The first-order valence-corrected chi connectivity index (χ1v) is 23.0. The standard InChI is InChI=1S/C48H71N5O11/c1-12-28(3)41-46(60)53-19-13-14-36(53)47(61)64-39(48(6,7)8)23-27(2)22-37(54)29(4)43(57)52-20-17-31(18-21-52)42(56)49-35(45(59)50(9)30(5)44(58)51(41)10)24-32-25-40(55)63-38-26-33(62-11)15-16-34(32)38/h15-16,25-31,35-37,39,41,54H,12-14,17-24H2,1-11H3,(H,49,56)/t27-,28-,29+,30+,35-,36-,37-,39-,41-/m0/s1. The van der Waals surface area contributed by atoms with E-state index in [2.05, 4.69) is 5.32 Å². The third kappa shape index (κ3) is 11.3. The van der Waals surface area contributed by atoms with E-state index in [1.807, 2.05) is 41.5 Å². The predicted octanol–water partition coefficient (Wildman–Crippen LogP) is 4.16. The van der Waals surface area contributed by atoms with E-state index >= 15 is 0 Å². The summed E-state index contributed by atoms with van der Waals surface area (Å²) in [6.45, 7) is 15.8. The van der Waals surface area contributed by atoms with Gasteiger partial charge in [-0.15, -0.1) is 0 Å². The highest BCUT2D eigenvalue weighted by atomic mass is 16.5. The van der Waals surface area contributed by atoms with Crippen LogP contribution in [0.1, 0.15) is 106 Å². The smallest absolute Gasteiger partial charge is 0.336 e. The first-order valence-electron chi connectivity index (χ1n) is 23.0. The number of fused-ring (bicyclic) bond motifs is 20. The van der Waals surface area contributed by atoms with Crippen molar-refractivity contribution >= 4 is 46.5 Å². The highest BCUT2D eigenvalue weighted by Gasteiger charge is 2.45. The van der Waals surface area contributed by atoms with Crippen LogP contribution in [0.5, 0.6) is 5.75 Å². The number of likely N-dealkylation sites (N-methyl/N-ethyl adjacent to an activating group) is 2. The number of amides is 5. The molecule has 2 bridgehead atoms. The van der Waals surface area contributed by atoms with Gasteiger partial charge in [0, 0.05) is 63.6 Å². The number of piperidine rings is 1. The van der Waals surface area contributed by atoms with Crippen LogP contribution in [0.3, 0.4) is 0 Å². The number of benzene rings is 1. The summed E-state index contributed by atoms with van der Waals surface area (Å²) in [6.07, 6.45) is 1.18. The lowest BCUT2D eigenvalue weighted by atomic mass is 9.81. The van der Waals surface area contributed by atoms with E-state index in [0.717, 1.165) is 0 Å². The van der Waals surface area contributed by atoms with Gasteiger partial charge < -0.3 is 43.9 Å². The molecule has 4 fully saturated rings. The molecule has 0 radical (unpaired) electrons. The number of nitrogens with zero attached hydrogens (tertiary/aromatic N) is 4. The van der Waals surface area contributed by atoms with Gasteiger partial charge in [0.25, 0.3) is 0 Å². The highest BCUT2D eigenvalue weighted by Crippen LogP contribution is 2.33. The van der Waals surface area contributed by atoms with Crippen LogP contribution in [0, 0.1) is 29.1 Å². The summed E-state index contributed by atoms with van der Waals surface area (Å²) in [5.41, 5.74) is -0.485. The summed E-state index contributed by atoms with van der Waals surface area (Å²) in [6, 6.07) is 2.06. The maximum absolute atomic E-state index is 14.7. The van der Waals surface area contributed by atoms with Crippen molar-refractivity contribution in [2.45, 2.75) is 143 Å². The normalized spacial score (nSPS) is 29.6. The molecule has 0 spiro atoms. The highest BCUT2D eigenvalue weighted by molar-refractivity contribution is 5.96. The number of ether oxygens (including phenoxy) is 2. The number of carbonyl (C=O) groups is 6. The zero-order valence-corrected chi connectivity index (χ0v) is 39.7. The van der Waals surface area contributed by atoms with Crippen molar-refractivity contribution in [1.29, 1.82) is 0 Å². The zero-order chi connectivity index (χ0) is 47.4. The Hall–Kier alpha value is -4.99. The largest absolute Gasteiger partial charge is 0.497 e. The molecule has 16 nitrogen and oxygen atoms in total. The molecule has 64 heavy (non-hydrogen) atoms. The van der Waals surface area contributed by atoms with Gasteiger partial charge in [0.2, 0.25) is 29.5 Å². The second-order valence-electron chi connectivity index (χ2n) is 19.6. The minimum absolute atomic E-state index is 0.123. The van der Waals surface area contributed by atoms with Crippen LogP contribution >= 0.6 is 0 Å². The van der Waals surface area contributed by atoms with Crippen molar-refractivity contribution in [3.63, 3.8) is 0 Å². The minimum Gasteiger partial charge on any atom is -0.497 e. The Kier molecular flexibility index (Phi) is 16.3. The quantitative estimate of drug-likeness (QED) is 0.249. The summed E-state index contributed by atoms with van der Waals surface area (Å²) in [7, 11) is 4.48. The lowest BCUT2D eigenvalue weighted by molar-refractivity contribution is -0.166. The second-order valence-corrected chi connectivity index (χ2v) is 19.6. The van der Waals surface area contributed by atoms with Gasteiger partial charge in [-0.05, 0) is 80.4 Å². The number of aliphatic hydroxyl groups is 1. The third-order valence-electron chi connectivity index (χ3n) is 14.0. The van der Waals surface area contributed by atoms with E-state index in [-0.39, 0.29) is 55.2 Å². The Morgan fingerprint density at radius 1 is 0.875 bits per heavy atom. The summed E-state index contributed by atoms with van der Waals surface area (Å²) < 4.78 is 17.1. The van der Waals surface area contributed by atoms with Crippen molar-refractivity contribution in [3.05, 3.63) is 40.2 Å². The molecule has 4 aliphatic heterocycles. The van der Waals surface area contributed by atoms with Crippen LogP contribution in [0.25, 0.3) is 11.0 Å². The average Bonchev–Trinajstić information content (AvgIpc) is 3.76. The number of hydrogen-bond acceptors (Lipinski definition) is 11. The molecule has 354 valence electrons. The van der Waals surface area contributed by atoms with Crippen LogP contribution < -0.4 is 15.7 Å². The number of methoxy groups -OCH3 is 1. The number of aliphatic hydroxyl groups excluding tert-OH is 1. The molecule has 4 aliphatic rings. The number of nitrogens with one attached hydrogen (secondary N) is 1. The van der Waals surface area contributed by atoms with E-state index in [1.165, 1.54) is 42.0 Å². The Bertz CT molecular complexity index is 2090. The lowest BCUT2D eigenvalue weighted by Crippen LogP contribution is -2.59. The van der Waals surface area contributed by atoms with Gasteiger partial charge in [0.1, 0.15) is 41.6 Å². The molecule has 6 rings (SSSR count). The Morgan fingerprint density at radius 2 is 1.55 bits per heavy atom. The Morgan fingerprint density at radius 3 is 2.17 bits per heavy atom. The van der Waals surface area contributed by atoms with E-state index in [9.17, 15) is 38.7 Å². The van der Waals surface area contributed by atoms with Gasteiger partial charge in [0.05, 0.1) is 19.1 Å². The average molecular weight is 894 g/mol. The summed E-state index contributed by atoms with van der Waals surface area (Å²) in [5, 5.41) is 14.8. The third-order valence-corrected chi connectivity index (χ3v) is 14.0. The SMILES string of the molecule is CC[C@H](C)[C@H]1C(=O)N2CCC[C@H]2C(=O)O[C@H](C(C)(C)C)C[C@@H](C)C[C@H](O)[C@@H](C)C(=O)N2CCC(CC2)C(=O)N[C@@H](Cc2cc(=O)oc3cc(OC)ccc23)C(=O)N(C)[C@H](C)C(=O)N1C. The summed E-state index contributed by atoms with van der Waals surface area (Å²) in [4.78, 5) is 104. The summed E-state index contributed by atoms with van der Waals surface area (Å²) >= 11 is 0. The van der Waals surface area contributed by atoms with Gasteiger partial charge in [-0.1, -0.05) is 54.9 Å². The fraction of sp³-hybridized carbons (Fsp3) is 0.688. The van der Waals surface area contributed by atoms with Crippen LogP contribution in [0.4, 0.5) is 0 Å². The first kappa shape index (κ1) is 50.0. The topological polar surface area (TPSA) is 196 Å².